The van der Waals surface area contributed by atoms with Crippen molar-refractivity contribution in [2.45, 2.75) is 20.4 Å². The monoisotopic (exact) mass is 285 g/mol. The molecule has 21 heavy (non-hydrogen) atoms. The summed E-state index contributed by atoms with van der Waals surface area (Å²) in [5, 5.41) is 3.25. The minimum atomic E-state index is -0.455. The number of carbonyl (C=O) groups excluding carboxylic acids is 1. The van der Waals surface area contributed by atoms with Crippen LogP contribution in [0.15, 0.2) is 36.5 Å². The Hall–Kier alpha value is -2.40. The minimum absolute atomic E-state index is 0.452. The first-order valence-electron chi connectivity index (χ1n) is 6.84. The maximum atomic E-state index is 11.0. The highest BCUT2D eigenvalue weighted by molar-refractivity contribution is 5.92. The van der Waals surface area contributed by atoms with Gasteiger partial charge in [0.25, 0.3) is 0 Å². The van der Waals surface area contributed by atoms with Crippen molar-refractivity contribution in [2.75, 3.05) is 6.54 Å². The maximum absolute atomic E-state index is 11.0. The number of hydrogen-bond donors (Lipinski definition) is 2. The van der Waals surface area contributed by atoms with E-state index in [1.807, 2.05) is 13.0 Å². The van der Waals surface area contributed by atoms with Crippen LogP contribution in [0, 0.1) is 6.92 Å². The molecule has 0 aliphatic rings. The molecule has 0 bridgehead atoms. The van der Waals surface area contributed by atoms with E-state index < -0.39 is 5.91 Å². The minimum Gasteiger partial charge on any atom is -0.439 e. The second-order valence-electron chi connectivity index (χ2n) is 4.74. The molecule has 3 N–H and O–H groups in total. The molecule has 0 unspecified atom stereocenters. The fourth-order valence-corrected chi connectivity index (χ4v) is 1.89. The number of nitrogens with two attached hydrogens (primary N) is 1. The van der Waals surface area contributed by atoms with Crippen molar-refractivity contribution >= 4 is 5.91 Å². The maximum Gasteiger partial charge on any atom is 0.248 e. The lowest BCUT2D eigenvalue weighted by atomic mass is 10.2. The molecule has 1 aromatic heterocycles. The molecular weight excluding hydrogens is 266 g/mol. The standard InChI is InChI=1S/C16H19N3O2/c1-3-18-9-12-8-11(2)16(19-10-12)21-14-6-4-13(5-7-14)15(17)20/h4-8,10,18H,3,9H2,1-2H3,(H2,17,20). The van der Waals surface area contributed by atoms with E-state index in [9.17, 15) is 4.79 Å². The van der Waals surface area contributed by atoms with Gasteiger partial charge in [-0.05, 0) is 49.4 Å². The summed E-state index contributed by atoms with van der Waals surface area (Å²) in [6.45, 7) is 5.73. The van der Waals surface area contributed by atoms with Crippen LogP contribution in [0.1, 0.15) is 28.4 Å². The van der Waals surface area contributed by atoms with Gasteiger partial charge in [0, 0.05) is 23.9 Å². The Bertz CT molecular complexity index is 624. The Morgan fingerprint density at radius 3 is 2.62 bits per heavy atom. The largest absolute Gasteiger partial charge is 0.439 e. The molecule has 0 saturated carbocycles. The summed E-state index contributed by atoms with van der Waals surface area (Å²) in [5.74, 6) is 0.723. The molecule has 0 atom stereocenters. The lowest BCUT2D eigenvalue weighted by molar-refractivity contribution is 0.100. The van der Waals surface area contributed by atoms with Crippen molar-refractivity contribution in [2.24, 2.45) is 5.73 Å². The zero-order valence-electron chi connectivity index (χ0n) is 12.2. The second kappa shape index (κ2) is 6.85. The molecule has 1 heterocycles. The molecule has 2 aromatic rings. The number of ether oxygens (including phenoxy) is 1. The van der Waals surface area contributed by atoms with Crippen LogP contribution in [0.5, 0.6) is 11.6 Å². The summed E-state index contributed by atoms with van der Waals surface area (Å²) in [7, 11) is 0. The summed E-state index contributed by atoms with van der Waals surface area (Å²) in [6, 6.07) is 8.71. The molecular formula is C16H19N3O2. The molecule has 0 saturated heterocycles. The summed E-state index contributed by atoms with van der Waals surface area (Å²) >= 11 is 0. The third kappa shape index (κ3) is 4.03. The highest BCUT2D eigenvalue weighted by Gasteiger charge is 2.06. The van der Waals surface area contributed by atoms with E-state index in [0.717, 1.165) is 24.2 Å². The first-order valence-corrected chi connectivity index (χ1v) is 6.84. The zero-order valence-corrected chi connectivity index (χ0v) is 12.2. The molecule has 110 valence electrons. The molecule has 0 fully saturated rings. The van der Waals surface area contributed by atoms with Crippen molar-refractivity contribution in [1.82, 2.24) is 10.3 Å². The summed E-state index contributed by atoms with van der Waals surface area (Å²) < 4.78 is 5.72. The topological polar surface area (TPSA) is 77.2 Å². The molecule has 0 aliphatic carbocycles. The summed E-state index contributed by atoms with van der Waals surface area (Å²) in [5.41, 5.74) is 7.73. The zero-order chi connectivity index (χ0) is 15.2. The first kappa shape index (κ1) is 15.0. The lowest BCUT2D eigenvalue weighted by Crippen LogP contribution is -2.12. The highest BCUT2D eigenvalue weighted by Crippen LogP contribution is 2.23. The molecule has 0 spiro atoms. The predicted molar refractivity (Wildman–Crippen MR) is 81.4 cm³/mol. The molecule has 5 heteroatoms. The first-order chi connectivity index (χ1) is 10.1. The van der Waals surface area contributed by atoms with E-state index in [4.69, 9.17) is 10.5 Å². The Labute approximate surface area is 124 Å². The summed E-state index contributed by atoms with van der Waals surface area (Å²) in [6.07, 6.45) is 1.79. The number of nitrogens with zero attached hydrogens (tertiary/aromatic N) is 1. The average molecular weight is 285 g/mol. The molecule has 5 nitrogen and oxygen atoms in total. The van der Waals surface area contributed by atoms with Gasteiger partial charge in [-0.2, -0.15) is 0 Å². The van der Waals surface area contributed by atoms with Crippen LogP contribution in [-0.4, -0.2) is 17.4 Å². The van der Waals surface area contributed by atoms with E-state index in [0.29, 0.717) is 17.2 Å². The van der Waals surface area contributed by atoms with Gasteiger partial charge in [0.05, 0.1) is 0 Å². The molecule has 0 aliphatic heterocycles. The SMILES string of the molecule is CCNCc1cnc(Oc2ccc(C(N)=O)cc2)c(C)c1. The second-order valence-corrected chi connectivity index (χ2v) is 4.74. The third-order valence-corrected chi connectivity index (χ3v) is 3.02. The number of amides is 1. The van der Waals surface area contributed by atoms with Crippen molar-refractivity contribution in [3.8, 4) is 11.6 Å². The number of carbonyl (C=O) groups is 1. The van der Waals surface area contributed by atoms with Crippen LogP contribution in [0.25, 0.3) is 0 Å². The van der Waals surface area contributed by atoms with Gasteiger partial charge in [0.15, 0.2) is 0 Å². The van der Waals surface area contributed by atoms with E-state index in [-0.39, 0.29) is 0 Å². The molecule has 0 radical (unpaired) electrons. The van der Waals surface area contributed by atoms with Crippen LogP contribution in [-0.2, 0) is 6.54 Å². The van der Waals surface area contributed by atoms with Crippen LogP contribution in [0.2, 0.25) is 0 Å². The predicted octanol–water partition coefficient (Wildman–Crippen LogP) is 2.39. The van der Waals surface area contributed by atoms with Crippen molar-refractivity contribution in [3.05, 3.63) is 53.2 Å². The molecule has 1 aromatic carbocycles. The summed E-state index contributed by atoms with van der Waals surface area (Å²) in [4.78, 5) is 15.3. The number of rotatable bonds is 6. The number of aryl methyl sites for hydroxylation is 1. The van der Waals surface area contributed by atoms with E-state index in [1.54, 1.807) is 30.5 Å². The van der Waals surface area contributed by atoms with Crippen LogP contribution >= 0.6 is 0 Å². The number of pyridine rings is 1. The number of benzene rings is 1. The van der Waals surface area contributed by atoms with Crippen LogP contribution in [0.4, 0.5) is 0 Å². The quantitative estimate of drug-likeness (QED) is 0.854. The van der Waals surface area contributed by atoms with Crippen LogP contribution in [0.3, 0.4) is 0 Å². The van der Waals surface area contributed by atoms with Gasteiger partial charge in [-0.3, -0.25) is 4.79 Å². The van der Waals surface area contributed by atoms with E-state index >= 15 is 0 Å². The lowest BCUT2D eigenvalue weighted by Gasteiger charge is -2.09. The van der Waals surface area contributed by atoms with Gasteiger partial charge in [0.2, 0.25) is 11.8 Å². The average Bonchev–Trinajstić information content (AvgIpc) is 2.48. The Balaban J connectivity index is 2.10. The van der Waals surface area contributed by atoms with Gasteiger partial charge in [-0.15, -0.1) is 0 Å². The van der Waals surface area contributed by atoms with Crippen molar-refractivity contribution < 1.29 is 9.53 Å². The Morgan fingerprint density at radius 2 is 2.05 bits per heavy atom. The van der Waals surface area contributed by atoms with E-state index in [2.05, 4.69) is 17.2 Å². The van der Waals surface area contributed by atoms with Gasteiger partial charge < -0.3 is 15.8 Å². The molecule has 1 amide bonds. The van der Waals surface area contributed by atoms with Gasteiger partial charge in [0.1, 0.15) is 5.75 Å². The van der Waals surface area contributed by atoms with Gasteiger partial charge in [-0.1, -0.05) is 6.92 Å². The smallest absolute Gasteiger partial charge is 0.248 e. The van der Waals surface area contributed by atoms with Gasteiger partial charge >= 0.3 is 0 Å². The highest BCUT2D eigenvalue weighted by atomic mass is 16.5. The molecule has 2 rings (SSSR count). The number of nitrogens with one attached hydrogen (secondary N) is 1. The van der Waals surface area contributed by atoms with Crippen molar-refractivity contribution in [3.63, 3.8) is 0 Å². The number of primary amides is 1. The fourth-order valence-electron chi connectivity index (χ4n) is 1.89. The van der Waals surface area contributed by atoms with E-state index in [1.165, 1.54) is 0 Å². The Morgan fingerprint density at radius 1 is 1.33 bits per heavy atom. The Kier molecular flexibility index (Phi) is 4.90. The third-order valence-electron chi connectivity index (χ3n) is 3.02. The number of aromatic nitrogens is 1. The normalized spacial score (nSPS) is 10.4. The van der Waals surface area contributed by atoms with Gasteiger partial charge in [-0.25, -0.2) is 4.98 Å². The number of hydrogen-bond acceptors (Lipinski definition) is 4. The van der Waals surface area contributed by atoms with Crippen LogP contribution < -0.4 is 15.8 Å². The fraction of sp³-hybridized carbons (Fsp3) is 0.250. The van der Waals surface area contributed by atoms with Crippen molar-refractivity contribution in [1.29, 1.82) is 0 Å².